The van der Waals surface area contributed by atoms with Crippen molar-refractivity contribution in [3.05, 3.63) is 82.6 Å². The van der Waals surface area contributed by atoms with Gasteiger partial charge in [-0.25, -0.2) is 14.8 Å². The summed E-state index contributed by atoms with van der Waals surface area (Å²) in [6.07, 6.45) is 13.1. The molecule has 0 radical (unpaired) electrons. The van der Waals surface area contributed by atoms with Gasteiger partial charge in [-0.05, 0) is 63.5 Å². The molecule has 7 unspecified atom stereocenters. The van der Waals surface area contributed by atoms with Crippen LogP contribution in [0.15, 0.2) is 71.9 Å². The number of nitrogens with one attached hydrogen (secondary N) is 1. The summed E-state index contributed by atoms with van der Waals surface area (Å²) < 4.78 is 10.7. The molecule has 194 valence electrons. The number of rotatable bonds is 7. The van der Waals surface area contributed by atoms with Gasteiger partial charge in [0.25, 0.3) is 0 Å². The quantitative estimate of drug-likeness (QED) is 0.187. The average molecular weight is 496 g/mol. The predicted molar refractivity (Wildman–Crippen MR) is 137 cm³/mol. The van der Waals surface area contributed by atoms with E-state index >= 15 is 0 Å². The largest absolute Gasteiger partial charge is 0.595 e. The molecule has 2 aliphatic rings. The Bertz CT molecular complexity index is 1050. The minimum Gasteiger partial charge on any atom is -0.595 e. The number of benzene rings is 1. The molecule has 7 atom stereocenters. The molecule has 0 spiro atoms. The minimum absolute atomic E-state index is 0.0659. The maximum absolute atomic E-state index is 13.0. The van der Waals surface area contributed by atoms with E-state index in [4.69, 9.17) is 9.94 Å². The molecule has 0 bridgehead atoms. The lowest BCUT2D eigenvalue weighted by Crippen LogP contribution is -2.99. The van der Waals surface area contributed by atoms with Crippen molar-refractivity contribution in [3.63, 3.8) is 0 Å². The van der Waals surface area contributed by atoms with Crippen molar-refractivity contribution in [1.29, 1.82) is 0 Å². The van der Waals surface area contributed by atoms with Gasteiger partial charge in [-0.15, -0.1) is 0 Å². The molecule has 3 rings (SSSR count). The third kappa shape index (κ3) is 6.22. The lowest BCUT2D eigenvalue weighted by atomic mass is 9.57. The zero-order valence-corrected chi connectivity index (χ0v) is 21.6. The van der Waals surface area contributed by atoms with Gasteiger partial charge >= 0.3 is 11.9 Å². The fraction of sp³-hybridized carbons (Fsp3) is 0.448. The molecule has 2 N–H and O–H groups in total. The molecule has 1 aromatic rings. The lowest BCUT2D eigenvalue weighted by Gasteiger charge is -2.49. The van der Waals surface area contributed by atoms with Crippen LogP contribution < -0.4 is 5.23 Å². The summed E-state index contributed by atoms with van der Waals surface area (Å²) >= 11 is 0. The van der Waals surface area contributed by atoms with Crippen LogP contribution in [-0.4, -0.2) is 30.4 Å². The number of methoxy groups -OCH3 is 1. The summed E-state index contributed by atoms with van der Waals surface area (Å²) in [5, 5.41) is 19.2. The first-order chi connectivity index (χ1) is 17.2. The topological polar surface area (TPSA) is 100 Å². The normalized spacial score (nSPS) is 29.5. The second-order valence-corrected chi connectivity index (χ2v) is 9.80. The molecule has 7 heteroatoms. The first-order valence-corrected chi connectivity index (χ1v) is 12.5. The van der Waals surface area contributed by atoms with Crippen molar-refractivity contribution in [3.8, 4) is 0 Å². The van der Waals surface area contributed by atoms with Crippen molar-refractivity contribution in [2.75, 3.05) is 7.11 Å². The highest BCUT2D eigenvalue weighted by Gasteiger charge is 2.47. The zero-order chi connectivity index (χ0) is 26.4. The Kier molecular flexibility index (Phi) is 9.43. The monoisotopic (exact) mass is 495 g/mol. The van der Waals surface area contributed by atoms with E-state index in [1.807, 2.05) is 6.08 Å². The zero-order valence-electron chi connectivity index (χ0n) is 21.6. The van der Waals surface area contributed by atoms with E-state index in [2.05, 4.69) is 50.7 Å². The van der Waals surface area contributed by atoms with Gasteiger partial charge in [0.15, 0.2) is 5.69 Å². The maximum atomic E-state index is 13.0. The Hall–Kier alpha value is -3.00. The number of quaternary nitrogens is 1. The Morgan fingerprint density at radius 2 is 1.86 bits per heavy atom. The van der Waals surface area contributed by atoms with Crippen LogP contribution in [0.2, 0.25) is 0 Å². The second-order valence-electron chi connectivity index (χ2n) is 9.80. The van der Waals surface area contributed by atoms with Gasteiger partial charge in [0.05, 0.1) is 12.7 Å². The third-order valence-electron chi connectivity index (χ3n) is 7.66. The number of hydrogen-bond donors (Lipinski definition) is 2. The molecule has 0 aliphatic heterocycles. The molecule has 0 saturated heterocycles. The molecule has 0 heterocycles. The van der Waals surface area contributed by atoms with Crippen molar-refractivity contribution in [2.45, 2.75) is 46.6 Å². The summed E-state index contributed by atoms with van der Waals surface area (Å²) in [6.45, 7) is 8.61. The van der Waals surface area contributed by atoms with E-state index < -0.39 is 17.2 Å². The van der Waals surface area contributed by atoms with Crippen molar-refractivity contribution in [2.24, 2.45) is 29.6 Å². The molecule has 7 nitrogen and oxygen atoms in total. The average Bonchev–Trinajstić information content (AvgIpc) is 2.87. The van der Waals surface area contributed by atoms with E-state index in [0.29, 0.717) is 11.5 Å². The lowest BCUT2D eigenvalue weighted by molar-refractivity contribution is -0.991. The van der Waals surface area contributed by atoms with Crippen LogP contribution in [0.1, 0.15) is 50.9 Å². The van der Waals surface area contributed by atoms with E-state index in [9.17, 15) is 14.8 Å². The Morgan fingerprint density at radius 3 is 2.47 bits per heavy atom. The molecule has 1 aromatic carbocycles. The summed E-state index contributed by atoms with van der Waals surface area (Å²) in [7, 11) is 1.35. The van der Waals surface area contributed by atoms with Gasteiger partial charge in [-0.1, -0.05) is 48.5 Å². The van der Waals surface area contributed by atoms with Gasteiger partial charge in [-0.3, -0.25) is 0 Å². The number of hydrogen-bond acceptors (Lipinski definition) is 6. The summed E-state index contributed by atoms with van der Waals surface area (Å²) in [4.78, 5) is 24.5. The van der Waals surface area contributed by atoms with E-state index in [0.717, 1.165) is 12.8 Å². The SMILES string of the molecule is CC=C(C)C1C(C)=CC2C(OC(=O)c3ccc([NH+]([O-])O)cc3)CCC(C)C2C1C=CC=CC(=O)OC. The van der Waals surface area contributed by atoms with E-state index in [1.54, 1.807) is 6.08 Å². The number of carbonyl (C=O) groups is 2. The Labute approximate surface area is 213 Å². The number of esters is 2. The minimum atomic E-state index is -1.03. The third-order valence-corrected chi connectivity index (χ3v) is 7.66. The van der Waals surface area contributed by atoms with Crippen molar-refractivity contribution < 1.29 is 29.5 Å². The highest BCUT2D eigenvalue weighted by atomic mass is 16.8. The van der Waals surface area contributed by atoms with Crippen LogP contribution in [0.25, 0.3) is 0 Å². The summed E-state index contributed by atoms with van der Waals surface area (Å²) in [6, 6.07) is 5.84. The molecular formula is C29H37NO6. The Morgan fingerprint density at radius 1 is 1.17 bits per heavy atom. The van der Waals surface area contributed by atoms with Gasteiger partial charge in [-0.2, -0.15) is 5.23 Å². The standard InChI is InChI=1S/C29H37NO6/c1-6-18(2)27-20(4)17-24-25(36-29(32)21-12-14-22(15-13-21)30(33)34)16-11-19(3)28(24)23(27)9-7-8-10-26(31)35-5/h6-10,12-15,17,19,23-25,27-28,30,33H,11,16H2,1-5H3. The summed E-state index contributed by atoms with van der Waals surface area (Å²) in [5.74, 6) is 0.345. The fourth-order valence-corrected chi connectivity index (χ4v) is 5.79. The van der Waals surface area contributed by atoms with Crippen LogP contribution in [0, 0.1) is 34.8 Å². The Balaban J connectivity index is 1.90. The van der Waals surface area contributed by atoms with Gasteiger partial charge < -0.3 is 14.7 Å². The number of allylic oxidation sites excluding steroid dienone is 6. The number of fused-ring (bicyclic) bond motifs is 1. The van der Waals surface area contributed by atoms with Crippen LogP contribution >= 0.6 is 0 Å². The number of carbonyl (C=O) groups excluding carboxylic acids is 2. The van der Waals surface area contributed by atoms with Crippen LogP contribution in [0.4, 0.5) is 5.69 Å². The van der Waals surface area contributed by atoms with Crippen molar-refractivity contribution >= 4 is 17.6 Å². The molecule has 36 heavy (non-hydrogen) atoms. The molecule has 1 saturated carbocycles. The van der Waals surface area contributed by atoms with Crippen LogP contribution in [0.5, 0.6) is 0 Å². The molecule has 0 aromatic heterocycles. The fourth-order valence-electron chi connectivity index (χ4n) is 5.79. The van der Waals surface area contributed by atoms with Gasteiger partial charge in [0.2, 0.25) is 0 Å². The molecule has 1 fully saturated rings. The molecule has 2 aliphatic carbocycles. The van der Waals surface area contributed by atoms with Gasteiger partial charge in [0.1, 0.15) is 6.10 Å². The van der Waals surface area contributed by atoms with Crippen LogP contribution in [0.3, 0.4) is 0 Å². The smallest absolute Gasteiger partial charge is 0.338 e. The predicted octanol–water partition coefficient (Wildman–Crippen LogP) is 4.72. The van der Waals surface area contributed by atoms with Gasteiger partial charge in [0, 0.05) is 30.0 Å². The number of ether oxygens (including phenoxy) is 2. The maximum Gasteiger partial charge on any atom is 0.338 e. The van der Waals surface area contributed by atoms with E-state index in [1.165, 1.54) is 48.6 Å². The van der Waals surface area contributed by atoms with E-state index in [-0.39, 0.29) is 35.5 Å². The van der Waals surface area contributed by atoms with Crippen LogP contribution in [-0.2, 0) is 14.3 Å². The first-order valence-electron chi connectivity index (χ1n) is 12.5. The molecule has 0 amide bonds. The highest BCUT2D eigenvalue weighted by Crippen LogP contribution is 2.51. The summed E-state index contributed by atoms with van der Waals surface area (Å²) in [5.41, 5.74) is 3.02. The highest BCUT2D eigenvalue weighted by molar-refractivity contribution is 5.89. The van der Waals surface area contributed by atoms with Crippen molar-refractivity contribution in [1.82, 2.24) is 0 Å². The molecular weight excluding hydrogens is 458 g/mol. The second kappa shape index (κ2) is 12.3. The first kappa shape index (κ1) is 27.6.